The summed E-state index contributed by atoms with van der Waals surface area (Å²) in [6.07, 6.45) is 3.79. The highest BCUT2D eigenvalue weighted by Crippen LogP contribution is 2.03. The number of nitrogens with one attached hydrogen (secondary N) is 1. The zero-order valence-corrected chi connectivity index (χ0v) is 8.18. The van der Waals surface area contributed by atoms with Gasteiger partial charge in [-0.3, -0.25) is 4.79 Å². The number of fused-ring (bicyclic) bond motifs is 1. The second-order valence-corrected chi connectivity index (χ2v) is 3.18. The van der Waals surface area contributed by atoms with Crippen molar-refractivity contribution in [2.75, 3.05) is 6.54 Å². The SMILES string of the molecule is NCC(=O)NCc1cn2ccccc2n1. The fourth-order valence-electron chi connectivity index (χ4n) is 1.33. The first-order chi connectivity index (χ1) is 7.29. The van der Waals surface area contributed by atoms with E-state index in [0.29, 0.717) is 6.54 Å². The van der Waals surface area contributed by atoms with Gasteiger partial charge in [0, 0.05) is 12.4 Å². The predicted molar refractivity (Wildman–Crippen MR) is 56.1 cm³/mol. The minimum Gasteiger partial charge on any atom is -0.349 e. The van der Waals surface area contributed by atoms with Gasteiger partial charge < -0.3 is 15.5 Å². The number of hydrogen-bond acceptors (Lipinski definition) is 3. The summed E-state index contributed by atoms with van der Waals surface area (Å²) >= 11 is 0. The molecule has 0 aliphatic rings. The zero-order chi connectivity index (χ0) is 10.7. The molecule has 78 valence electrons. The number of amides is 1. The largest absolute Gasteiger partial charge is 0.349 e. The molecule has 0 aliphatic heterocycles. The van der Waals surface area contributed by atoms with Crippen molar-refractivity contribution in [1.29, 1.82) is 0 Å². The zero-order valence-electron chi connectivity index (χ0n) is 8.18. The number of aromatic nitrogens is 2. The van der Waals surface area contributed by atoms with Gasteiger partial charge in [-0.1, -0.05) is 6.07 Å². The van der Waals surface area contributed by atoms with E-state index in [2.05, 4.69) is 10.3 Å². The molecule has 1 amide bonds. The predicted octanol–water partition coefficient (Wildman–Crippen LogP) is -0.0908. The number of carbonyl (C=O) groups is 1. The van der Waals surface area contributed by atoms with Gasteiger partial charge in [0.1, 0.15) is 5.65 Å². The average molecular weight is 204 g/mol. The van der Waals surface area contributed by atoms with Crippen molar-refractivity contribution in [3.05, 3.63) is 36.3 Å². The number of imidazole rings is 1. The van der Waals surface area contributed by atoms with Crippen LogP contribution in [-0.4, -0.2) is 21.8 Å². The normalized spacial score (nSPS) is 10.5. The molecule has 0 unspecified atom stereocenters. The third-order valence-electron chi connectivity index (χ3n) is 2.07. The molecule has 5 heteroatoms. The molecule has 0 radical (unpaired) electrons. The van der Waals surface area contributed by atoms with E-state index in [-0.39, 0.29) is 12.5 Å². The van der Waals surface area contributed by atoms with E-state index < -0.39 is 0 Å². The lowest BCUT2D eigenvalue weighted by molar-refractivity contribution is -0.119. The molecule has 15 heavy (non-hydrogen) atoms. The van der Waals surface area contributed by atoms with E-state index in [1.54, 1.807) is 0 Å². The van der Waals surface area contributed by atoms with Crippen LogP contribution in [0.5, 0.6) is 0 Å². The van der Waals surface area contributed by atoms with Crippen LogP contribution in [0.15, 0.2) is 30.6 Å². The minimum atomic E-state index is -0.174. The highest BCUT2D eigenvalue weighted by Gasteiger charge is 2.02. The van der Waals surface area contributed by atoms with Crippen molar-refractivity contribution in [2.24, 2.45) is 5.73 Å². The third kappa shape index (κ3) is 2.13. The van der Waals surface area contributed by atoms with Crippen LogP contribution in [-0.2, 0) is 11.3 Å². The van der Waals surface area contributed by atoms with Gasteiger partial charge in [-0.2, -0.15) is 0 Å². The van der Waals surface area contributed by atoms with Gasteiger partial charge in [0.25, 0.3) is 0 Å². The second-order valence-electron chi connectivity index (χ2n) is 3.18. The van der Waals surface area contributed by atoms with Gasteiger partial charge in [0.2, 0.25) is 5.91 Å². The summed E-state index contributed by atoms with van der Waals surface area (Å²) < 4.78 is 1.91. The van der Waals surface area contributed by atoms with Crippen molar-refractivity contribution >= 4 is 11.6 Å². The summed E-state index contributed by atoms with van der Waals surface area (Å²) in [5.41, 5.74) is 6.87. The molecule has 0 aliphatic carbocycles. The Balaban J connectivity index is 2.12. The van der Waals surface area contributed by atoms with Crippen molar-refractivity contribution in [3.8, 4) is 0 Å². The lowest BCUT2D eigenvalue weighted by atomic mass is 10.4. The lowest BCUT2D eigenvalue weighted by Gasteiger charge is -1.98. The Bertz CT molecular complexity index is 444. The maximum Gasteiger partial charge on any atom is 0.234 e. The Hall–Kier alpha value is -1.88. The maximum absolute atomic E-state index is 10.9. The summed E-state index contributed by atoms with van der Waals surface area (Å²) in [5.74, 6) is -0.174. The standard InChI is InChI=1S/C10H12N4O/c11-5-10(15)12-6-8-7-14-4-2-1-3-9(14)13-8/h1-4,7H,5-6,11H2,(H,12,15). The van der Waals surface area contributed by atoms with E-state index in [0.717, 1.165) is 11.3 Å². The van der Waals surface area contributed by atoms with Crippen molar-refractivity contribution < 1.29 is 4.79 Å². The number of carbonyl (C=O) groups excluding carboxylic acids is 1. The maximum atomic E-state index is 10.9. The highest BCUT2D eigenvalue weighted by molar-refractivity contribution is 5.77. The highest BCUT2D eigenvalue weighted by atomic mass is 16.1. The molecule has 2 heterocycles. The molecule has 0 atom stereocenters. The molecule has 2 aromatic heterocycles. The molecular weight excluding hydrogens is 192 g/mol. The number of hydrogen-bond donors (Lipinski definition) is 2. The first kappa shape index (κ1) is 9.67. The topological polar surface area (TPSA) is 72.4 Å². The molecule has 0 saturated heterocycles. The summed E-state index contributed by atoms with van der Waals surface area (Å²) in [4.78, 5) is 15.3. The van der Waals surface area contributed by atoms with Gasteiger partial charge in [-0.25, -0.2) is 4.98 Å². The molecule has 0 bridgehead atoms. The smallest absolute Gasteiger partial charge is 0.234 e. The van der Waals surface area contributed by atoms with Gasteiger partial charge in [0.15, 0.2) is 0 Å². The Morgan fingerprint density at radius 2 is 2.40 bits per heavy atom. The van der Waals surface area contributed by atoms with Gasteiger partial charge in [-0.05, 0) is 12.1 Å². The summed E-state index contributed by atoms with van der Waals surface area (Å²) in [6, 6.07) is 5.76. The van der Waals surface area contributed by atoms with Crippen LogP contribution in [0.1, 0.15) is 5.69 Å². The summed E-state index contributed by atoms with van der Waals surface area (Å²) in [5, 5.41) is 2.67. The lowest BCUT2D eigenvalue weighted by Crippen LogP contribution is -2.29. The second kappa shape index (κ2) is 4.10. The van der Waals surface area contributed by atoms with Crippen molar-refractivity contribution in [1.82, 2.24) is 14.7 Å². The van der Waals surface area contributed by atoms with Crippen LogP contribution in [0.4, 0.5) is 0 Å². The Kier molecular flexibility index (Phi) is 2.64. The molecule has 0 spiro atoms. The van der Waals surface area contributed by atoms with Crippen LogP contribution < -0.4 is 11.1 Å². The van der Waals surface area contributed by atoms with E-state index in [9.17, 15) is 4.79 Å². The van der Waals surface area contributed by atoms with Crippen molar-refractivity contribution in [2.45, 2.75) is 6.54 Å². The van der Waals surface area contributed by atoms with E-state index >= 15 is 0 Å². The number of pyridine rings is 1. The Labute approximate surface area is 86.9 Å². The van der Waals surface area contributed by atoms with E-state index in [1.807, 2.05) is 35.0 Å². The molecule has 2 aromatic rings. The van der Waals surface area contributed by atoms with E-state index in [4.69, 9.17) is 5.73 Å². The van der Waals surface area contributed by atoms with Crippen LogP contribution in [0.2, 0.25) is 0 Å². The molecule has 0 fully saturated rings. The van der Waals surface area contributed by atoms with Crippen molar-refractivity contribution in [3.63, 3.8) is 0 Å². The first-order valence-electron chi connectivity index (χ1n) is 4.69. The van der Waals surface area contributed by atoms with Gasteiger partial charge in [-0.15, -0.1) is 0 Å². The number of nitrogens with two attached hydrogens (primary N) is 1. The monoisotopic (exact) mass is 204 g/mol. The fourth-order valence-corrected chi connectivity index (χ4v) is 1.33. The van der Waals surface area contributed by atoms with Crippen LogP contribution >= 0.6 is 0 Å². The van der Waals surface area contributed by atoms with Crippen LogP contribution in [0.3, 0.4) is 0 Å². The minimum absolute atomic E-state index is 0.00731. The van der Waals surface area contributed by atoms with Gasteiger partial charge >= 0.3 is 0 Å². The van der Waals surface area contributed by atoms with Crippen LogP contribution in [0.25, 0.3) is 5.65 Å². The molecular formula is C10H12N4O. The Morgan fingerprint density at radius 3 is 3.13 bits per heavy atom. The fraction of sp³-hybridized carbons (Fsp3) is 0.200. The molecule has 5 nitrogen and oxygen atoms in total. The first-order valence-corrected chi connectivity index (χ1v) is 4.69. The third-order valence-corrected chi connectivity index (χ3v) is 2.07. The van der Waals surface area contributed by atoms with Gasteiger partial charge in [0.05, 0.1) is 18.8 Å². The molecule has 2 rings (SSSR count). The average Bonchev–Trinajstić information content (AvgIpc) is 2.68. The molecule has 0 aromatic carbocycles. The number of nitrogens with zero attached hydrogens (tertiary/aromatic N) is 2. The molecule has 0 saturated carbocycles. The number of rotatable bonds is 3. The molecule has 3 N–H and O–H groups in total. The quantitative estimate of drug-likeness (QED) is 0.733. The summed E-state index contributed by atoms with van der Waals surface area (Å²) in [6.45, 7) is 0.422. The van der Waals surface area contributed by atoms with E-state index in [1.165, 1.54) is 0 Å². The Morgan fingerprint density at radius 1 is 1.53 bits per heavy atom. The van der Waals surface area contributed by atoms with Crippen LogP contribution in [0, 0.1) is 0 Å². The summed E-state index contributed by atoms with van der Waals surface area (Å²) in [7, 11) is 0.